The molecule has 0 bridgehead atoms. The van der Waals surface area contributed by atoms with Gasteiger partial charge in [0.15, 0.2) is 0 Å². The number of nitro groups is 1. The number of rotatable bonds is 6. The fourth-order valence-electron chi connectivity index (χ4n) is 2.54. The summed E-state index contributed by atoms with van der Waals surface area (Å²) >= 11 is 0. The number of nitrogens with zero attached hydrogens (tertiary/aromatic N) is 3. The summed E-state index contributed by atoms with van der Waals surface area (Å²) in [5.74, 6) is 0.289. The third-order valence-electron chi connectivity index (χ3n) is 4.03. The number of benzene rings is 2. The summed E-state index contributed by atoms with van der Waals surface area (Å²) in [5, 5.41) is 17.7. The fourth-order valence-corrected chi connectivity index (χ4v) is 2.54. The minimum absolute atomic E-state index is 0.144. The molecular weight excluding hydrogens is 330 g/mol. The molecule has 0 aliphatic rings. The van der Waals surface area contributed by atoms with E-state index in [1.807, 2.05) is 55.5 Å². The normalized spacial score (nSPS) is 10.4. The van der Waals surface area contributed by atoms with Crippen LogP contribution in [0.3, 0.4) is 0 Å². The number of nitrogens with one attached hydrogen (secondary N) is 2. The van der Waals surface area contributed by atoms with E-state index in [0.717, 1.165) is 23.4 Å². The standard InChI is InChI=1S/C19H19N5O2/c1-3-14-8-10-15(11-9-14)22-18-17(24(25)26)19(21-12-20-18)23-16-7-5-4-6-13(16)2/h4-12H,3H2,1-2H3,(H2,20,21,22,23). The zero-order valence-electron chi connectivity index (χ0n) is 14.6. The fraction of sp³-hybridized carbons (Fsp3) is 0.158. The van der Waals surface area contributed by atoms with E-state index in [9.17, 15) is 10.1 Å². The molecule has 3 aromatic rings. The molecule has 0 amide bonds. The second-order valence-electron chi connectivity index (χ2n) is 5.79. The SMILES string of the molecule is CCc1ccc(Nc2ncnc(Nc3ccccc3C)c2[N+](=O)[O-])cc1. The molecule has 0 fully saturated rings. The van der Waals surface area contributed by atoms with E-state index in [2.05, 4.69) is 27.5 Å². The molecule has 1 aromatic heterocycles. The summed E-state index contributed by atoms with van der Waals surface area (Å²) in [4.78, 5) is 19.3. The highest BCUT2D eigenvalue weighted by atomic mass is 16.6. The third kappa shape index (κ3) is 3.77. The minimum atomic E-state index is -0.483. The first-order chi connectivity index (χ1) is 12.6. The number of hydrogen-bond acceptors (Lipinski definition) is 6. The molecule has 1 heterocycles. The van der Waals surface area contributed by atoms with Crippen LogP contribution in [-0.2, 0) is 6.42 Å². The Kier molecular flexibility index (Phi) is 5.07. The number of hydrogen-bond donors (Lipinski definition) is 2. The largest absolute Gasteiger partial charge is 0.353 e. The van der Waals surface area contributed by atoms with Crippen molar-refractivity contribution in [2.75, 3.05) is 10.6 Å². The maximum absolute atomic E-state index is 11.7. The monoisotopic (exact) mass is 349 g/mol. The molecule has 7 nitrogen and oxygen atoms in total. The lowest BCUT2D eigenvalue weighted by Crippen LogP contribution is -2.06. The summed E-state index contributed by atoms with van der Waals surface area (Å²) in [5.41, 5.74) is 3.44. The van der Waals surface area contributed by atoms with Gasteiger partial charge in [-0.1, -0.05) is 37.3 Å². The van der Waals surface area contributed by atoms with E-state index in [1.165, 1.54) is 11.9 Å². The zero-order valence-corrected chi connectivity index (χ0v) is 14.6. The average molecular weight is 349 g/mol. The summed E-state index contributed by atoms with van der Waals surface area (Å²) in [6.45, 7) is 3.99. The number of aryl methyl sites for hydroxylation is 2. The van der Waals surface area contributed by atoms with Crippen molar-refractivity contribution in [2.24, 2.45) is 0 Å². The molecule has 0 saturated heterocycles. The van der Waals surface area contributed by atoms with Gasteiger partial charge in [0.05, 0.1) is 4.92 Å². The van der Waals surface area contributed by atoms with Crippen molar-refractivity contribution in [1.29, 1.82) is 0 Å². The van der Waals surface area contributed by atoms with Crippen molar-refractivity contribution in [3.63, 3.8) is 0 Å². The van der Waals surface area contributed by atoms with Gasteiger partial charge in [-0.3, -0.25) is 10.1 Å². The maximum Gasteiger partial charge on any atom is 0.353 e. The molecule has 3 rings (SSSR count). The van der Waals surface area contributed by atoms with Gasteiger partial charge in [-0.05, 0) is 42.7 Å². The summed E-state index contributed by atoms with van der Waals surface area (Å²) in [7, 11) is 0. The van der Waals surface area contributed by atoms with Crippen LogP contribution in [0.2, 0.25) is 0 Å². The van der Waals surface area contributed by atoms with Crippen molar-refractivity contribution in [3.05, 3.63) is 76.1 Å². The molecular formula is C19H19N5O2. The van der Waals surface area contributed by atoms with Crippen LogP contribution >= 0.6 is 0 Å². The van der Waals surface area contributed by atoms with Crippen LogP contribution < -0.4 is 10.6 Å². The molecule has 7 heteroatoms. The topological polar surface area (TPSA) is 93.0 Å². The van der Waals surface area contributed by atoms with Crippen LogP contribution in [0.25, 0.3) is 0 Å². The Morgan fingerprint density at radius 2 is 1.65 bits per heavy atom. The molecule has 2 aromatic carbocycles. The number of para-hydroxylation sites is 1. The lowest BCUT2D eigenvalue weighted by molar-refractivity contribution is -0.383. The molecule has 0 aliphatic heterocycles. The number of aromatic nitrogens is 2. The first-order valence-electron chi connectivity index (χ1n) is 8.26. The third-order valence-corrected chi connectivity index (χ3v) is 4.03. The second-order valence-corrected chi connectivity index (χ2v) is 5.79. The second kappa shape index (κ2) is 7.60. The molecule has 0 aliphatic carbocycles. The van der Waals surface area contributed by atoms with E-state index in [-0.39, 0.29) is 17.3 Å². The van der Waals surface area contributed by atoms with Gasteiger partial charge in [0.2, 0.25) is 11.6 Å². The van der Waals surface area contributed by atoms with Crippen LogP contribution in [0.5, 0.6) is 0 Å². The Morgan fingerprint density at radius 3 is 2.27 bits per heavy atom. The van der Waals surface area contributed by atoms with E-state index in [4.69, 9.17) is 0 Å². The number of anilines is 4. The molecule has 0 unspecified atom stereocenters. The lowest BCUT2D eigenvalue weighted by atomic mass is 10.1. The van der Waals surface area contributed by atoms with Crippen LogP contribution in [0.4, 0.5) is 28.7 Å². The van der Waals surface area contributed by atoms with Gasteiger partial charge in [-0.25, -0.2) is 9.97 Å². The lowest BCUT2D eigenvalue weighted by Gasteiger charge is -2.11. The predicted octanol–water partition coefficient (Wildman–Crippen LogP) is 4.74. The van der Waals surface area contributed by atoms with Crippen molar-refractivity contribution < 1.29 is 4.92 Å². The van der Waals surface area contributed by atoms with E-state index >= 15 is 0 Å². The van der Waals surface area contributed by atoms with Crippen LogP contribution in [0.1, 0.15) is 18.1 Å². The maximum atomic E-state index is 11.7. The summed E-state index contributed by atoms with van der Waals surface area (Å²) in [6, 6.07) is 15.2. The smallest absolute Gasteiger partial charge is 0.334 e. The minimum Gasteiger partial charge on any atom is -0.334 e. The van der Waals surface area contributed by atoms with E-state index in [0.29, 0.717) is 0 Å². The van der Waals surface area contributed by atoms with E-state index < -0.39 is 4.92 Å². The van der Waals surface area contributed by atoms with Gasteiger partial charge >= 0.3 is 5.69 Å². The quantitative estimate of drug-likeness (QED) is 0.493. The predicted molar refractivity (Wildman–Crippen MR) is 102 cm³/mol. The van der Waals surface area contributed by atoms with E-state index in [1.54, 1.807) is 0 Å². The van der Waals surface area contributed by atoms with Gasteiger partial charge in [0, 0.05) is 11.4 Å². The van der Waals surface area contributed by atoms with Gasteiger partial charge in [-0.15, -0.1) is 0 Å². The van der Waals surface area contributed by atoms with Crippen molar-refractivity contribution >= 4 is 28.7 Å². The molecule has 0 atom stereocenters. The molecule has 2 N–H and O–H groups in total. The van der Waals surface area contributed by atoms with Crippen LogP contribution in [-0.4, -0.2) is 14.9 Å². The first-order valence-corrected chi connectivity index (χ1v) is 8.26. The Balaban J connectivity index is 1.95. The Morgan fingerprint density at radius 1 is 1.00 bits per heavy atom. The summed E-state index contributed by atoms with van der Waals surface area (Å²) < 4.78 is 0. The Labute approximate surface area is 151 Å². The molecule has 26 heavy (non-hydrogen) atoms. The van der Waals surface area contributed by atoms with Crippen molar-refractivity contribution in [3.8, 4) is 0 Å². The van der Waals surface area contributed by atoms with Crippen molar-refractivity contribution in [2.45, 2.75) is 20.3 Å². The molecule has 0 radical (unpaired) electrons. The zero-order chi connectivity index (χ0) is 18.5. The summed E-state index contributed by atoms with van der Waals surface area (Å²) in [6.07, 6.45) is 2.23. The highest BCUT2D eigenvalue weighted by Gasteiger charge is 2.23. The van der Waals surface area contributed by atoms with Gasteiger partial charge in [0.25, 0.3) is 0 Å². The first kappa shape index (κ1) is 17.3. The molecule has 0 spiro atoms. The highest BCUT2D eigenvalue weighted by molar-refractivity contribution is 5.77. The molecule has 132 valence electrons. The Bertz CT molecular complexity index is 925. The highest BCUT2D eigenvalue weighted by Crippen LogP contribution is 2.33. The average Bonchev–Trinajstić information content (AvgIpc) is 2.64. The van der Waals surface area contributed by atoms with Gasteiger partial charge in [-0.2, -0.15) is 0 Å². The molecule has 0 saturated carbocycles. The van der Waals surface area contributed by atoms with Crippen LogP contribution in [0.15, 0.2) is 54.9 Å². The van der Waals surface area contributed by atoms with Gasteiger partial charge in [0.1, 0.15) is 6.33 Å². The van der Waals surface area contributed by atoms with Crippen LogP contribution in [0, 0.1) is 17.0 Å². The Hall–Kier alpha value is -3.48. The van der Waals surface area contributed by atoms with Crippen molar-refractivity contribution in [1.82, 2.24) is 9.97 Å². The van der Waals surface area contributed by atoms with Gasteiger partial charge < -0.3 is 10.6 Å².